The maximum absolute atomic E-state index is 12.3. The van der Waals surface area contributed by atoms with E-state index < -0.39 is 10.8 Å². The van der Waals surface area contributed by atoms with E-state index in [2.05, 4.69) is 15.5 Å². The first kappa shape index (κ1) is 19.1. The van der Waals surface area contributed by atoms with Gasteiger partial charge >= 0.3 is 0 Å². The van der Waals surface area contributed by atoms with E-state index >= 15 is 0 Å². The summed E-state index contributed by atoms with van der Waals surface area (Å²) in [6.45, 7) is 1.97. The monoisotopic (exact) mass is 404 g/mol. The van der Waals surface area contributed by atoms with Gasteiger partial charge in [0, 0.05) is 24.8 Å². The van der Waals surface area contributed by atoms with E-state index in [-0.39, 0.29) is 16.4 Å². The fraction of sp³-hybridized carbons (Fsp3) is 0.222. The summed E-state index contributed by atoms with van der Waals surface area (Å²) in [7, 11) is 0. The summed E-state index contributed by atoms with van der Waals surface area (Å²) < 4.78 is 0. The van der Waals surface area contributed by atoms with Gasteiger partial charge in [-0.2, -0.15) is 0 Å². The molecule has 0 spiro atoms. The molecule has 2 aromatic carbocycles. The van der Waals surface area contributed by atoms with Crippen LogP contribution in [0.2, 0.25) is 5.02 Å². The number of rotatable bonds is 4. The van der Waals surface area contributed by atoms with Crippen LogP contribution < -0.4 is 15.5 Å². The van der Waals surface area contributed by atoms with Crippen molar-refractivity contribution in [3.63, 3.8) is 0 Å². The van der Waals surface area contributed by atoms with Crippen molar-refractivity contribution in [2.24, 2.45) is 0 Å². The van der Waals surface area contributed by atoms with Crippen molar-refractivity contribution in [1.29, 1.82) is 0 Å². The summed E-state index contributed by atoms with van der Waals surface area (Å²) in [5.74, 6) is -0.653. The van der Waals surface area contributed by atoms with Gasteiger partial charge in [-0.25, -0.2) is 0 Å². The first-order valence-electron chi connectivity index (χ1n) is 8.36. The molecule has 1 aliphatic rings. The van der Waals surface area contributed by atoms with E-state index in [0.717, 1.165) is 31.6 Å². The van der Waals surface area contributed by atoms with E-state index in [0.29, 0.717) is 10.7 Å². The number of benzene rings is 2. The fourth-order valence-electron chi connectivity index (χ4n) is 2.96. The van der Waals surface area contributed by atoms with Crippen molar-refractivity contribution >= 4 is 51.9 Å². The molecule has 0 bridgehead atoms. The van der Waals surface area contributed by atoms with Gasteiger partial charge < -0.3 is 10.2 Å². The van der Waals surface area contributed by atoms with Crippen LogP contribution in [-0.4, -0.2) is 29.0 Å². The zero-order chi connectivity index (χ0) is 19.4. The number of para-hydroxylation sites is 1. The molecule has 1 heterocycles. The van der Waals surface area contributed by atoms with Gasteiger partial charge in [-0.1, -0.05) is 23.7 Å². The molecule has 0 atom stereocenters. The molecular weight excluding hydrogens is 388 g/mol. The van der Waals surface area contributed by atoms with Gasteiger partial charge in [-0.05, 0) is 49.3 Å². The number of carbonyl (C=O) groups is 1. The molecule has 0 aliphatic carbocycles. The van der Waals surface area contributed by atoms with Crippen LogP contribution in [0.3, 0.4) is 0 Å². The minimum Gasteiger partial charge on any atom is -0.370 e. The summed E-state index contributed by atoms with van der Waals surface area (Å²) >= 11 is 11.5. The average molecular weight is 405 g/mol. The van der Waals surface area contributed by atoms with Crippen molar-refractivity contribution < 1.29 is 9.72 Å². The Labute approximate surface area is 166 Å². The lowest BCUT2D eigenvalue weighted by molar-refractivity contribution is -0.385. The molecule has 1 fully saturated rings. The average Bonchev–Trinajstić information content (AvgIpc) is 3.16. The second-order valence-electron chi connectivity index (χ2n) is 6.04. The van der Waals surface area contributed by atoms with Crippen LogP contribution in [-0.2, 0) is 0 Å². The number of carbonyl (C=O) groups excluding carboxylic acids is 1. The van der Waals surface area contributed by atoms with Crippen LogP contribution in [0.1, 0.15) is 23.2 Å². The molecule has 2 aromatic rings. The molecule has 9 heteroatoms. The third kappa shape index (κ3) is 4.53. The van der Waals surface area contributed by atoms with E-state index in [1.807, 2.05) is 12.1 Å². The maximum atomic E-state index is 12.3. The zero-order valence-corrected chi connectivity index (χ0v) is 15.8. The topological polar surface area (TPSA) is 87.5 Å². The maximum Gasteiger partial charge on any atom is 0.282 e. The van der Waals surface area contributed by atoms with Crippen molar-refractivity contribution in [1.82, 2.24) is 5.32 Å². The molecule has 1 amide bonds. The van der Waals surface area contributed by atoms with E-state index in [1.165, 1.54) is 18.2 Å². The number of nitrogens with one attached hydrogen (secondary N) is 2. The lowest BCUT2D eigenvalue weighted by Gasteiger charge is -2.20. The van der Waals surface area contributed by atoms with Gasteiger partial charge in [0.25, 0.3) is 11.6 Å². The quantitative estimate of drug-likeness (QED) is 0.455. The summed E-state index contributed by atoms with van der Waals surface area (Å²) in [6, 6.07) is 11.1. The summed E-state index contributed by atoms with van der Waals surface area (Å²) in [6.07, 6.45) is 2.30. The van der Waals surface area contributed by atoms with Crippen LogP contribution in [0.25, 0.3) is 0 Å². The number of nitrogens with zero attached hydrogens (tertiary/aromatic N) is 2. The van der Waals surface area contributed by atoms with Crippen LogP contribution in [0.15, 0.2) is 42.5 Å². The molecular formula is C18H17ClN4O3S. The molecule has 0 radical (unpaired) electrons. The van der Waals surface area contributed by atoms with Gasteiger partial charge in [0.1, 0.15) is 5.56 Å². The SMILES string of the molecule is O=C(NC(=S)Nc1ccc(N2CCCC2)c(Cl)c1)c1ccccc1[N+](=O)[O-]. The van der Waals surface area contributed by atoms with Gasteiger partial charge in [-0.15, -0.1) is 0 Å². The number of anilines is 2. The number of halogens is 1. The van der Waals surface area contributed by atoms with Crippen LogP contribution >= 0.6 is 23.8 Å². The zero-order valence-electron chi connectivity index (χ0n) is 14.3. The summed E-state index contributed by atoms with van der Waals surface area (Å²) in [4.78, 5) is 24.9. The highest BCUT2D eigenvalue weighted by Gasteiger charge is 2.20. The Bertz CT molecular complexity index is 900. The molecule has 1 saturated heterocycles. The lowest BCUT2D eigenvalue weighted by Crippen LogP contribution is -2.34. The number of hydrogen-bond donors (Lipinski definition) is 2. The predicted octanol–water partition coefficient (Wildman–Crippen LogP) is 3.98. The third-order valence-corrected chi connectivity index (χ3v) is 4.73. The molecule has 7 nitrogen and oxygen atoms in total. The van der Waals surface area contributed by atoms with Crippen molar-refractivity contribution in [2.45, 2.75) is 12.8 Å². The first-order valence-corrected chi connectivity index (χ1v) is 9.14. The second-order valence-corrected chi connectivity index (χ2v) is 6.86. The highest BCUT2D eigenvalue weighted by Crippen LogP contribution is 2.31. The van der Waals surface area contributed by atoms with Crippen molar-refractivity contribution in [2.75, 3.05) is 23.3 Å². The molecule has 1 aliphatic heterocycles. The number of amides is 1. The highest BCUT2D eigenvalue weighted by molar-refractivity contribution is 7.80. The number of nitro groups is 1. The normalized spacial score (nSPS) is 13.3. The van der Waals surface area contributed by atoms with Crippen LogP contribution in [0.5, 0.6) is 0 Å². The van der Waals surface area contributed by atoms with Gasteiger partial charge in [-0.3, -0.25) is 20.2 Å². The molecule has 3 rings (SSSR count). The predicted molar refractivity (Wildman–Crippen MR) is 110 cm³/mol. The van der Waals surface area contributed by atoms with Crippen LogP contribution in [0.4, 0.5) is 17.1 Å². The Hall–Kier alpha value is -2.71. The number of thiocarbonyl (C=S) groups is 1. The standard InChI is InChI=1S/C18H17ClN4O3S/c19-14-11-12(7-8-16(14)22-9-3-4-10-22)20-18(27)21-17(24)13-5-1-2-6-15(13)23(25)26/h1-2,5-8,11H,3-4,9-10H2,(H2,20,21,24,27). The van der Waals surface area contributed by atoms with Crippen molar-refractivity contribution in [3.8, 4) is 0 Å². The third-order valence-electron chi connectivity index (χ3n) is 4.22. The Morgan fingerprint density at radius 2 is 1.89 bits per heavy atom. The van der Waals surface area contributed by atoms with E-state index in [4.69, 9.17) is 23.8 Å². The molecule has 140 valence electrons. The second kappa shape index (κ2) is 8.32. The Morgan fingerprint density at radius 3 is 2.56 bits per heavy atom. The Balaban J connectivity index is 1.66. The lowest BCUT2D eigenvalue weighted by atomic mass is 10.1. The van der Waals surface area contributed by atoms with E-state index in [1.54, 1.807) is 12.1 Å². The van der Waals surface area contributed by atoms with Crippen LogP contribution in [0, 0.1) is 10.1 Å². The first-order chi connectivity index (χ1) is 13.0. The van der Waals surface area contributed by atoms with Crippen molar-refractivity contribution in [3.05, 3.63) is 63.2 Å². The molecule has 0 saturated carbocycles. The Morgan fingerprint density at radius 1 is 1.19 bits per heavy atom. The summed E-state index contributed by atoms with van der Waals surface area (Å²) in [5, 5.41) is 17.0. The van der Waals surface area contributed by atoms with Gasteiger partial charge in [0.05, 0.1) is 15.6 Å². The number of nitro benzene ring substituents is 1. The summed E-state index contributed by atoms with van der Waals surface area (Å²) in [5.41, 5.74) is 1.25. The van der Waals surface area contributed by atoms with Gasteiger partial charge in [0.15, 0.2) is 5.11 Å². The fourth-order valence-corrected chi connectivity index (χ4v) is 3.47. The van der Waals surface area contributed by atoms with E-state index in [9.17, 15) is 14.9 Å². The molecule has 0 unspecified atom stereocenters. The largest absolute Gasteiger partial charge is 0.370 e. The highest BCUT2D eigenvalue weighted by atomic mass is 35.5. The Kier molecular flexibility index (Phi) is 5.88. The van der Waals surface area contributed by atoms with Gasteiger partial charge in [0.2, 0.25) is 0 Å². The molecule has 0 aromatic heterocycles. The minimum atomic E-state index is -0.653. The minimum absolute atomic E-state index is 0.0307. The smallest absolute Gasteiger partial charge is 0.282 e. The molecule has 27 heavy (non-hydrogen) atoms. The molecule has 2 N–H and O–H groups in total. The number of hydrogen-bond acceptors (Lipinski definition) is 5.